The van der Waals surface area contributed by atoms with Gasteiger partial charge >= 0.3 is 0 Å². The fourth-order valence-electron chi connectivity index (χ4n) is 4.45. The number of piperazine rings is 1. The summed E-state index contributed by atoms with van der Waals surface area (Å²) < 4.78 is 11.4. The molecule has 2 aliphatic rings. The number of rotatable bonds is 7. The lowest BCUT2D eigenvalue weighted by atomic mass is 9.84. The summed E-state index contributed by atoms with van der Waals surface area (Å²) >= 11 is 0. The van der Waals surface area contributed by atoms with E-state index in [2.05, 4.69) is 64.6 Å². The first-order chi connectivity index (χ1) is 14.2. The number of benzene rings is 2. The van der Waals surface area contributed by atoms with Crippen LogP contribution in [0, 0.1) is 0 Å². The van der Waals surface area contributed by atoms with Crippen LogP contribution in [0.2, 0.25) is 0 Å². The fourth-order valence-corrected chi connectivity index (χ4v) is 4.45. The van der Waals surface area contributed by atoms with E-state index in [9.17, 15) is 0 Å². The van der Waals surface area contributed by atoms with E-state index in [0.29, 0.717) is 5.92 Å². The Bertz CT molecular complexity index is 787. The van der Waals surface area contributed by atoms with Crippen LogP contribution in [-0.2, 0) is 6.54 Å². The minimum absolute atomic E-state index is 0.386. The second kappa shape index (κ2) is 9.61. The van der Waals surface area contributed by atoms with Crippen LogP contribution in [0.15, 0.2) is 42.5 Å². The Labute approximate surface area is 174 Å². The van der Waals surface area contributed by atoms with Crippen molar-refractivity contribution in [2.75, 3.05) is 60.0 Å². The third-order valence-electron chi connectivity index (χ3n) is 6.04. The van der Waals surface area contributed by atoms with E-state index >= 15 is 0 Å². The summed E-state index contributed by atoms with van der Waals surface area (Å²) in [6.45, 7) is 8.42. The zero-order chi connectivity index (χ0) is 20.1. The Hall–Kier alpha value is -2.08. The molecule has 0 spiro atoms. The summed E-state index contributed by atoms with van der Waals surface area (Å²) in [4.78, 5) is 4.91. The summed E-state index contributed by atoms with van der Waals surface area (Å²) in [7, 11) is 3.91. The number of nitrogens with one attached hydrogen (secondary N) is 1. The fraction of sp³-hybridized carbons (Fsp3) is 0.500. The van der Waals surface area contributed by atoms with Gasteiger partial charge in [0.2, 0.25) is 0 Å². The van der Waals surface area contributed by atoms with Gasteiger partial charge < -0.3 is 24.6 Å². The lowest BCUT2D eigenvalue weighted by molar-refractivity contribution is 0.213. The summed E-state index contributed by atoms with van der Waals surface area (Å²) in [5, 5.41) is 3.40. The molecular formula is C24H33N3O2. The highest BCUT2D eigenvalue weighted by Gasteiger charge is 2.25. The third-order valence-corrected chi connectivity index (χ3v) is 6.04. The minimum Gasteiger partial charge on any atom is -0.497 e. The van der Waals surface area contributed by atoms with E-state index in [1.807, 2.05) is 0 Å². The van der Waals surface area contributed by atoms with Crippen molar-refractivity contribution in [2.24, 2.45) is 0 Å². The van der Waals surface area contributed by atoms with E-state index in [1.165, 1.54) is 16.7 Å². The molecule has 1 N–H and O–H groups in total. The summed E-state index contributed by atoms with van der Waals surface area (Å²) in [5.74, 6) is 2.28. The summed E-state index contributed by atoms with van der Waals surface area (Å²) in [6, 6.07) is 15.1. The van der Waals surface area contributed by atoms with Crippen molar-refractivity contribution >= 4 is 0 Å². The lowest BCUT2D eigenvalue weighted by Crippen LogP contribution is -2.43. The zero-order valence-electron chi connectivity index (χ0n) is 17.7. The molecule has 2 aliphatic heterocycles. The average Bonchev–Trinajstić information content (AvgIpc) is 2.77. The highest BCUT2D eigenvalue weighted by molar-refractivity contribution is 5.45. The molecule has 2 heterocycles. The summed E-state index contributed by atoms with van der Waals surface area (Å²) in [5.41, 5.74) is 4.13. The predicted molar refractivity (Wildman–Crippen MR) is 117 cm³/mol. The monoisotopic (exact) mass is 395 g/mol. The number of hydrogen-bond acceptors (Lipinski definition) is 5. The molecule has 29 heavy (non-hydrogen) atoms. The molecule has 1 unspecified atom stereocenters. The normalized spacial score (nSPS) is 20.3. The quantitative estimate of drug-likeness (QED) is 0.730. The van der Waals surface area contributed by atoms with E-state index in [4.69, 9.17) is 9.47 Å². The molecule has 4 rings (SSSR count). The van der Waals surface area contributed by atoms with E-state index < -0.39 is 0 Å². The molecule has 2 aromatic rings. The predicted octanol–water partition coefficient (Wildman–Crippen LogP) is 2.95. The Morgan fingerprint density at radius 3 is 2.55 bits per heavy atom. The molecule has 1 fully saturated rings. The van der Waals surface area contributed by atoms with Crippen LogP contribution in [0.4, 0.5) is 0 Å². The van der Waals surface area contributed by atoms with Crippen LogP contribution in [0.3, 0.4) is 0 Å². The molecule has 0 aliphatic carbocycles. The first kappa shape index (κ1) is 20.2. The van der Waals surface area contributed by atoms with Crippen molar-refractivity contribution in [3.8, 4) is 11.5 Å². The maximum Gasteiger partial charge on any atom is 0.119 e. The summed E-state index contributed by atoms with van der Waals surface area (Å²) in [6.07, 6.45) is 1.07. The minimum atomic E-state index is 0.386. The van der Waals surface area contributed by atoms with E-state index in [1.54, 1.807) is 7.11 Å². The second-order valence-electron chi connectivity index (χ2n) is 8.18. The van der Waals surface area contributed by atoms with Gasteiger partial charge in [-0.05, 0) is 54.4 Å². The molecule has 0 radical (unpaired) electrons. The van der Waals surface area contributed by atoms with Gasteiger partial charge in [0.1, 0.15) is 11.5 Å². The van der Waals surface area contributed by atoms with Crippen LogP contribution in [0.5, 0.6) is 11.5 Å². The number of hydrogen-bond donors (Lipinski definition) is 1. The molecule has 0 aromatic heterocycles. The Morgan fingerprint density at radius 1 is 1.03 bits per heavy atom. The molecule has 0 amide bonds. The molecule has 0 bridgehead atoms. The molecule has 2 aromatic carbocycles. The smallest absolute Gasteiger partial charge is 0.119 e. The SMILES string of the molecule is COc1ccc(C2CN(C)Cc3cc(OCCCN4CCNCC4)ccc32)cc1. The maximum absolute atomic E-state index is 6.09. The van der Waals surface area contributed by atoms with Gasteiger partial charge in [0.05, 0.1) is 13.7 Å². The van der Waals surface area contributed by atoms with Gasteiger partial charge in [-0.15, -0.1) is 0 Å². The zero-order valence-corrected chi connectivity index (χ0v) is 17.7. The number of likely N-dealkylation sites (N-methyl/N-ethyl adjacent to an activating group) is 1. The lowest BCUT2D eigenvalue weighted by Gasteiger charge is -2.33. The average molecular weight is 396 g/mol. The Balaban J connectivity index is 1.39. The Kier molecular flexibility index (Phi) is 6.70. The number of ether oxygens (including phenoxy) is 2. The van der Waals surface area contributed by atoms with E-state index in [0.717, 1.165) is 70.3 Å². The molecule has 1 atom stereocenters. The van der Waals surface area contributed by atoms with Gasteiger partial charge in [-0.3, -0.25) is 0 Å². The van der Waals surface area contributed by atoms with Gasteiger partial charge in [0.15, 0.2) is 0 Å². The highest BCUT2D eigenvalue weighted by atomic mass is 16.5. The van der Waals surface area contributed by atoms with Crippen molar-refractivity contribution in [2.45, 2.75) is 18.9 Å². The van der Waals surface area contributed by atoms with Gasteiger partial charge in [-0.1, -0.05) is 18.2 Å². The van der Waals surface area contributed by atoms with Gasteiger partial charge in [0.25, 0.3) is 0 Å². The van der Waals surface area contributed by atoms with Gasteiger partial charge in [-0.25, -0.2) is 0 Å². The largest absolute Gasteiger partial charge is 0.497 e. The highest BCUT2D eigenvalue weighted by Crippen LogP contribution is 2.35. The third kappa shape index (κ3) is 5.10. The van der Waals surface area contributed by atoms with Crippen molar-refractivity contribution in [3.05, 3.63) is 59.2 Å². The first-order valence-electron chi connectivity index (χ1n) is 10.7. The Morgan fingerprint density at radius 2 is 1.79 bits per heavy atom. The second-order valence-corrected chi connectivity index (χ2v) is 8.18. The number of nitrogens with zero attached hydrogens (tertiary/aromatic N) is 2. The molecule has 5 heteroatoms. The molecule has 5 nitrogen and oxygen atoms in total. The van der Waals surface area contributed by atoms with Crippen LogP contribution >= 0.6 is 0 Å². The van der Waals surface area contributed by atoms with Crippen LogP contribution in [0.25, 0.3) is 0 Å². The van der Waals surface area contributed by atoms with Crippen LogP contribution < -0.4 is 14.8 Å². The number of methoxy groups -OCH3 is 1. The van der Waals surface area contributed by atoms with Crippen LogP contribution in [0.1, 0.15) is 29.0 Å². The molecule has 0 saturated carbocycles. The van der Waals surface area contributed by atoms with Gasteiger partial charge in [0, 0.05) is 51.7 Å². The molecular weight excluding hydrogens is 362 g/mol. The maximum atomic E-state index is 6.09. The van der Waals surface area contributed by atoms with Crippen LogP contribution in [-0.4, -0.2) is 69.8 Å². The standard InChI is InChI=1S/C24H33N3O2/c1-26-17-20-16-22(29-15-3-12-27-13-10-25-11-14-27)8-9-23(20)24(18-26)19-4-6-21(28-2)7-5-19/h4-9,16,24-25H,3,10-15,17-18H2,1-2H3. The molecule has 1 saturated heterocycles. The van der Waals surface area contributed by atoms with E-state index in [-0.39, 0.29) is 0 Å². The van der Waals surface area contributed by atoms with Crippen molar-refractivity contribution in [1.29, 1.82) is 0 Å². The van der Waals surface area contributed by atoms with Gasteiger partial charge in [-0.2, -0.15) is 0 Å². The van der Waals surface area contributed by atoms with Crippen molar-refractivity contribution in [3.63, 3.8) is 0 Å². The topological polar surface area (TPSA) is 37.0 Å². The van der Waals surface area contributed by atoms with Crippen molar-refractivity contribution < 1.29 is 9.47 Å². The molecule has 156 valence electrons. The van der Waals surface area contributed by atoms with Crippen molar-refractivity contribution in [1.82, 2.24) is 15.1 Å². The number of fused-ring (bicyclic) bond motifs is 1. The first-order valence-corrected chi connectivity index (χ1v) is 10.7.